The van der Waals surface area contributed by atoms with Gasteiger partial charge in [-0.25, -0.2) is 4.79 Å². The summed E-state index contributed by atoms with van der Waals surface area (Å²) in [4.78, 5) is 11.0. The summed E-state index contributed by atoms with van der Waals surface area (Å²) in [6.07, 6.45) is 1.40. The summed E-state index contributed by atoms with van der Waals surface area (Å²) in [5.74, 6) is -0.314. The van der Waals surface area contributed by atoms with Gasteiger partial charge >= 0.3 is 5.97 Å². The minimum Gasteiger partial charge on any atom is -0.479 e. The van der Waals surface area contributed by atoms with Gasteiger partial charge in [0.2, 0.25) is 5.88 Å². The number of hydrogen-bond acceptors (Lipinski definition) is 5. The first-order chi connectivity index (χ1) is 5.79. The van der Waals surface area contributed by atoms with Gasteiger partial charge in [-0.2, -0.15) is 5.10 Å². The van der Waals surface area contributed by atoms with Crippen LogP contribution in [0.5, 0.6) is 5.88 Å². The standard InChI is InChI=1S/C7H8N2O3/c1-11-6-5(7(10)12-2)3-4-8-9-6/h3-4H,1-2H3. The third kappa shape index (κ3) is 1.50. The molecule has 1 heterocycles. The summed E-state index contributed by atoms with van der Waals surface area (Å²) in [6.45, 7) is 0. The number of carbonyl (C=O) groups is 1. The fourth-order valence-electron chi connectivity index (χ4n) is 0.735. The van der Waals surface area contributed by atoms with Crippen molar-refractivity contribution in [2.75, 3.05) is 14.2 Å². The van der Waals surface area contributed by atoms with Crippen LogP contribution in [0.4, 0.5) is 0 Å². The molecule has 0 aliphatic carbocycles. The molecule has 0 unspecified atom stereocenters. The highest BCUT2D eigenvalue weighted by Gasteiger charge is 2.12. The van der Waals surface area contributed by atoms with E-state index in [1.165, 1.54) is 26.5 Å². The molecule has 0 aliphatic rings. The normalized spacial score (nSPS) is 9.17. The smallest absolute Gasteiger partial charge is 0.343 e. The molecule has 0 saturated heterocycles. The lowest BCUT2D eigenvalue weighted by Gasteiger charge is -2.02. The molecule has 1 aromatic heterocycles. The molecule has 0 N–H and O–H groups in total. The molecule has 0 radical (unpaired) electrons. The third-order valence-electron chi connectivity index (χ3n) is 1.29. The van der Waals surface area contributed by atoms with Gasteiger partial charge in [-0.05, 0) is 6.07 Å². The molecular formula is C7H8N2O3. The molecule has 12 heavy (non-hydrogen) atoms. The highest BCUT2D eigenvalue weighted by atomic mass is 16.5. The van der Waals surface area contributed by atoms with Crippen molar-refractivity contribution in [2.45, 2.75) is 0 Å². The van der Waals surface area contributed by atoms with Crippen molar-refractivity contribution in [3.63, 3.8) is 0 Å². The van der Waals surface area contributed by atoms with Crippen molar-refractivity contribution in [1.29, 1.82) is 0 Å². The van der Waals surface area contributed by atoms with Crippen LogP contribution in [-0.4, -0.2) is 30.4 Å². The van der Waals surface area contributed by atoms with Gasteiger partial charge < -0.3 is 9.47 Å². The molecule has 0 bridgehead atoms. The number of ether oxygens (including phenoxy) is 2. The number of carbonyl (C=O) groups excluding carboxylic acids is 1. The predicted molar refractivity (Wildman–Crippen MR) is 39.9 cm³/mol. The molecule has 5 heteroatoms. The van der Waals surface area contributed by atoms with Gasteiger partial charge in [0.15, 0.2) is 0 Å². The maximum Gasteiger partial charge on any atom is 0.343 e. The van der Waals surface area contributed by atoms with E-state index >= 15 is 0 Å². The van der Waals surface area contributed by atoms with E-state index in [1.807, 2.05) is 0 Å². The van der Waals surface area contributed by atoms with Crippen molar-refractivity contribution in [3.8, 4) is 5.88 Å². The van der Waals surface area contributed by atoms with Crippen molar-refractivity contribution in [2.24, 2.45) is 0 Å². The van der Waals surface area contributed by atoms with Crippen LogP contribution < -0.4 is 4.74 Å². The first-order valence-electron chi connectivity index (χ1n) is 3.23. The summed E-state index contributed by atoms with van der Waals surface area (Å²) in [5, 5.41) is 7.14. The predicted octanol–water partition coefficient (Wildman–Crippen LogP) is 0.272. The van der Waals surface area contributed by atoms with Gasteiger partial charge in [0, 0.05) is 0 Å². The van der Waals surface area contributed by atoms with E-state index in [2.05, 4.69) is 14.9 Å². The Bertz CT molecular complexity index is 288. The summed E-state index contributed by atoms with van der Waals surface area (Å²) in [5.41, 5.74) is 0.273. The minimum absolute atomic E-state index is 0.171. The first-order valence-corrected chi connectivity index (χ1v) is 3.23. The summed E-state index contributed by atoms with van der Waals surface area (Å²) < 4.78 is 9.29. The Hall–Kier alpha value is -1.65. The lowest BCUT2D eigenvalue weighted by Crippen LogP contribution is -2.05. The number of esters is 1. The fraction of sp³-hybridized carbons (Fsp3) is 0.286. The van der Waals surface area contributed by atoms with Crippen LogP contribution in [0.1, 0.15) is 10.4 Å². The maximum absolute atomic E-state index is 11.0. The Labute approximate surface area is 69.3 Å². The number of nitrogens with zero attached hydrogens (tertiary/aromatic N) is 2. The van der Waals surface area contributed by atoms with Gasteiger partial charge in [-0.15, -0.1) is 5.10 Å². The zero-order valence-corrected chi connectivity index (χ0v) is 6.77. The van der Waals surface area contributed by atoms with Gasteiger partial charge in [-0.1, -0.05) is 0 Å². The molecule has 1 rings (SSSR count). The van der Waals surface area contributed by atoms with Gasteiger partial charge in [0.1, 0.15) is 5.56 Å². The largest absolute Gasteiger partial charge is 0.479 e. The maximum atomic E-state index is 11.0. The quantitative estimate of drug-likeness (QED) is 0.593. The Morgan fingerprint density at radius 1 is 1.50 bits per heavy atom. The van der Waals surface area contributed by atoms with E-state index in [0.717, 1.165) is 0 Å². The second-order valence-corrected chi connectivity index (χ2v) is 1.95. The van der Waals surface area contributed by atoms with Crippen LogP contribution >= 0.6 is 0 Å². The minimum atomic E-state index is -0.484. The number of hydrogen-bond donors (Lipinski definition) is 0. The van der Waals surface area contributed by atoms with E-state index in [1.54, 1.807) is 0 Å². The fourth-order valence-corrected chi connectivity index (χ4v) is 0.735. The molecule has 0 saturated carbocycles. The number of aromatic nitrogens is 2. The Morgan fingerprint density at radius 2 is 2.25 bits per heavy atom. The molecule has 1 aromatic rings. The van der Waals surface area contributed by atoms with Gasteiger partial charge in [0.05, 0.1) is 20.4 Å². The van der Waals surface area contributed by atoms with Crippen LogP contribution in [0.15, 0.2) is 12.3 Å². The van der Waals surface area contributed by atoms with E-state index in [-0.39, 0.29) is 11.4 Å². The molecule has 0 spiro atoms. The molecule has 0 aromatic carbocycles. The summed E-state index contributed by atoms with van der Waals surface area (Å²) in [6, 6.07) is 1.48. The highest BCUT2D eigenvalue weighted by molar-refractivity contribution is 5.91. The van der Waals surface area contributed by atoms with Crippen molar-refractivity contribution in [1.82, 2.24) is 10.2 Å². The van der Waals surface area contributed by atoms with Crippen molar-refractivity contribution in [3.05, 3.63) is 17.8 Å². The van der Waals surface area contributed by atoms with Crippen molar-refractivity contribution >= 4 is 5.97 Å². The van der Waals surface area contributed by atoms with Gasteiger partial charge in [-0.3, -0.25) is 0 Å². The number of methoxy groups -OCH3 is 2. The van der Waals surface area contributed by atoms with Crippen LogP contribution in [-0.2, 0) is 4.74 Å². The monoisotopic (exact) mass is 168 g/mol. The zero-order chi connectivity index (χ0) is 8.97. The molecule has 0 amide bonds. The Kier molecular flexibility index (Phi) is 2.57. The van der Waals surface area contributed by atoms with Gasteiger partial charge in [0.25, 0.3) is 0 Å². The SMILES string of the molecule is COC(=O)c1ccnnc1OC. The average molecular weight is 168 g/mol. The molecule has 64 valence electrons. The Balaban J connectivity index is 3.04. The van der Waals surface area contributed by atoms with E-state index < -0.39 is 5.97 Å². The molecule has 0 atom stereocenters. The van der Waals surface area contributed by atoms with Crippen LogP contribution in [0.3, 0.4) is 0 Å². The van der Waals surface area contributed by atoms with Crippen LogP contribution in [0.25, 0.3) is 0 Å². The Morgan fingerprint density at radius 3 is 2.83 bits per heavy atom. The first kappa shape index (κ1) is 8.45. The number of rotatable bonds is 2. The zero-order valence-electron chi connectivity index (χ0n) is 6.77. The second kappa shape index (κ2) is 3.66. The lowest BCUT2D eigenvalue weighted by molar-refractivity contribution is 0.0595. The molecule has 0 fully saturated rings. The summed E-state index contributed by atoms with van der Waals surface area (Å²) >= 11 is 0. The highest BCUT2D eigenvalue weighted by Crippen LogP contribution is 2.12. The lowest BCUT2D eigenvalue weighted by atomic mass is 10.3. The van der Waals surface area contributed by atoms with E-state index in [4.69, 9.17) is 4.74 Å². The van der Waals surface area contributed by atoms with Crippen molar-refractivity contribution < 1.29 is 14.3 Å². The van der Waals surface area contributed by atoms with E-state index in [9.17, 15) is 4.79 Å². The average Bonchev–Trinajstić information content (AvgIpc) is 2.16. The molecular weight excluding hydrogens is 160 g/mol. The second-order valence-electron chi connectivity index (χ2n) is 1.95. The molecule has 0 aliphatic heterocycles. The van der Waals surface area contributed by atoms with Crippen LogP contribution in [0.2, 0.25) is 0 Å². The summed E-state index contributed by atoms with van der Waals surface area (Å²) in [7, 11) is 2.71. The van der Waals surface area contributed by atoms with Crippen LogP contribution in [0, 0.1) is 0 Å². The molecule has 5 nitrogen and oxygen atoms in total. The van der Waals surface area contributed by atoms with E-state index in [0.29, 0.717) is 0 Å². The third-order valence-corrected chi connectivity index (χ3v) is 1.29. The topological polar surface area (TPSA) is 61.3 Å².